The molecule has 0 aromatic heterocycles. The Morgan fingerprint density at radius 1 is 1.18 bits per heavy atom. The number of allylic oxidation sites excluding steroid dienone is 1. The SMILES string of the molecule is CCOC(=CNc1ccc(O[C@H]2O[C@H](CO)[C@@H](O)[C@H](O)[C@@H]2O)cc1)C(=O)C=O. The molecule has 1 saturated heterocycles. The van der Waals surface area contributed by atoms with Crippen molar-refractivity contribution in [1.82, 2.24) is 0 Å². The normalized spacial score (nSPS) is 27.8. The number of nitrogens with one attached hydrogen (secondary N) is 1. The van der Waals surface area contributed by atoms with Crippen LogP contribution in [0.4, 0.5) is 5.69 Å². The Bertz CT molecular complexity index is 689. The van der Waals surface area contributed by atoms with E-state index in [1.165, 1.54) is 18.3 Å². The fourth-order valence-corrected chi connectivity index (χ4v) is 2.47. The summed E-state index contributed by atoms with van der Waals surface area (Å²) >= 11 is 0. The van der Waals surface area contributed by atoms with Crippen molar-refractivity contribution in [2.24, 2.45) is 0 Å². The third-order valence-electron chi connectivity index (χ3n) is 3.97. The second kappa shape index (κ2) is 10.2. The van der Waals surface area contributed by atoms with Gasteiger partial charge in [0.1, 0.15) is 30.2 Å². The third-order valence-corrected chi connectivity index (χ3v) is 3.97. The van der Waals surface area contributed by atoms with Gasteiger partial charge in [-0.05, 0) is 31.2 Å². The van der Waals surface area contributed by atoms with E-state index in [0.717, 1.165) is 0 Å². The molecule has 0 amide bonds. The van der Waals surface area contributed by atoms with Gasteiger partial charge in [0.25, 0.3) is 5.78 Å². The van der Waals surface area contributed by atoms with Crippen LogP contribution < -0.4 is 10.1 Å². The molecule has 10 heteroatoms. The molecule has 154 valence electrons. The number of hydrogen-bond donors (Lipinski definition) is 5. The topological polar surface area (TPSA) is 155 Å². The molecule has 2 rings (SSSR count). The summed E-state index contributed by atoms with van der Waals surface area (Å²) in [5.74, 6) is -0.635. The second-order valence-electron chi connectivity index (χ2n) is 5.91. The van der Waals surface area contributed by atoms with E-state index in [9.17, 15) is 30.0 Å². The molecule has 1 aliphatic heterocycles. The molecular formula is C18H23NO9. The number of carbonyl (C=O) groups excluding carboxylic acids is 2. The van der Waals surface area contributed by atoms with Gasteiger partial charge in [0.15, 0.2) is 12.0 Å². The monoisotopic (exact) mass is 397 g/mol. The maximum Gasteiger partial charge on any atom is 0.261 e. The third kappa shape index (κ3) is 5.27. The van der Waals surface area contributed by atoms with Crippen LogP contribution in [-0.4, -0.2) is 76.4 Å². The van der Waals surface area contributed by atoms with Crippen LogP contribution in [0.3, 0.4) is 0 Å². The first-order chi connectivity index (χ1) is 13.4. The zero-order valence-electron chi connectivity index (χ0n) is 15.1. The van der Waals surface area contributed by atoms with Gasteiger partial charge in [-0.2, -0.15) is 0 Å². The van der Waals surface area contributed by atoms with E-state index >= 15 is 0 Å². The van der Waals surface area contributed by atoms with Crippen molar-refractivity contribution in [3.05, 3.63) is 36.2 Å². The molecular weight excluding hydrogens is 374 g/mol. The minimum Gasteiger partial charge on any atom is -0.488 e. The molecule has 1 fully saturated rings. The first kappa shape index (κ1) is 21.8. The molecule has 0 saturated carbocycles. The van der Waals surface area contributed by atoms with Crippen LogP contribution in [-0.2, 0) is 19.1 Å². The van der Waals surface area contributed by atoms with E-state index in [2.05, 4.69) is 5.32 Å². The predicted octanol–water partition coefficient (Wildman–Crippen LogP) is -1.08. The number of anilines is 1. The highest BCUT2D eigenvalue weighted by Crippen LogP contribution is 2.25. The highest BCUT2D eigenvalue weighted by Gasteiger charge is 2.44. The van der Waals surface area contributed by atoms with Gasteiger partial charge < -0.3 is 40.0 Å². The van der Waals surface area contributed by atoms with E-state index < -0.39 is 43.1 Å². The molecule has 1 heterocycles. The second-order valence-corrected chi connectivity index (χ2v) is 5.91. The van der Waals surface area contributed by atoms with Gasteiger partial charge in [-0.1, -0.05) is 0 Å². The van der Waals surface area contributed by atoms with E-state index in [4.69, 9.17) is 14.2 Å². The summed E-state index contributed by atoms with van der Waals surface area (Å²) in [6.07, 6.45) is -5.46. The molecule has 5 N–H and O–H groups in total. The lowest BCUT2D eigenvalue weighted by Crippen LogP contribution is -2.60. The summed E-state index contributed by atoms with van der Waals surface area (Å²) in [4.78, 5) is 22.0. The minimum absolute atomic E-state index is 0.126. The van der Waals surface area contributed by atoms with Crippen LogP contribution in [0, 0.1) is 0 Å². The molecule has 1 aromatic carbocycles. The van der Waals surface area contributed by atoms with Gasteiger partial charge >= 0.3 is 0 Å². The average molecular weight is 397 g/mol. The maximum atomic E-state index is 11.4. The first-order valence-electron chi connectivity index (χ1n) is 8.57. The number of ether oxygens (including phenoxy) is 3. The maximum absolute atomic E-state index is 11.4. The fourth-order valence-electron chi connectivity index (χ4n) is 2.47. The van der Waals surface area contributed by atoms with E-state index in [1.807, 2.05) is 0 Å². The van der Waals surface area contributed by atoms with Gasteiger partial charge in [-0.3, -0.25) is 9.59 Å². The zero-order valence-corrected chi connectivity index (χ0v) is 15.1. The summed E-state index contributed by atoms with van der Waals surface area (Å²) in [6, 6.07) is 6.23. The Morgan fingerprint density at radius 3 is 2.43 bits per heavy atom. The van der Waals surface area contributed by atoms with E-state index in [1.54, 1.807) is 19.1 Å². The molecule has 1 aromatic rings. The molecule has 0 aliphatic carbocycles. The van der Waals surface area contributed by atoms with Crippen LogP contribution in [0.2, 0.25) is 0 Å². The number of benzene rings is 1. The quantitative estimate of drug-likeness (QED) is 0.150. The number of aliphatic hydroxyl groups excluding tert-OH is 4. The Hall–Kier alpha value is -2.50. The Kier molecular flexibility index (Phi) is 7.91. The number of aldehydes is 1. The van der Waals surface area contributed by atoms with Crippen LogP contribution in [0.25, 0.3) is 0 Å². The first-order valence-corrected chi connectivity index (χ1v) is 8.57. The molecule has 1 aliphatic rings. The molecule has 10 nitrogen and oxygen atoms in total. The smallest absolute Gasteiger partial charge is 0.261 e. The standard InChI is InChI=1S/C18H23NO9/c1-2-26-13(12(22)8-20)7-19-10-3-5-11(6-4-10)27-18-17(25)16(24)15(23)14(9-21)28-18/h3-8,14-19,21,23-25H,2,9H2,1H3/t14-,15-,16+,17+,18+/m1/s1. The predicted molar refractivity (Wildman–Crippen MR) is 95.2 cm³/mol. The highest BCUT2D eigenvalue weighted by atomic mass is 16.7. The van der Waals surface area contributed by atoms with Crippen molar-refractivity contribution < 1.29 is 44.2 Å². The van der Waals surface area contributed by atoms with Crippen molar-refractivity contribution in [3.8, 4) is 5.75 Å². The van der Waals surface area contributed by atoms with E-state index in [-0.39, 0.29) is 24.4 Å². The molecule has 0 unspecified atom stereocenters. The average Bonchev–Trinajstić information content (AvgIpc) is 2.71. The summed E-state index contributed by atoms with van der Waals surface area (Å²) in [7, 11) is 0. The van der Waals surface area contributed by atoms with Crippen LogP contribution >= 0.6 is 0 Å². The minimum atomic E-state index is -1.53. The van der Waals surface area contributed by atoms with Gasteiger partial charge in [0, 0.05) is 11.9 Å². The van der Waals surface area contributed by atoms with Gasteiger partial charge in [0.2, 0.25) is 6.29 Å². The molecule has 0 bridgehead atoms. The summed E-state index contributed by atoms with van der Waals surface area (Å²) in [5, 5.41) is 41.5. The highest BCUT2D eigenvalue weighted by molar-refractivity contribution is 6.32. The number of rotatable bonds is 9. The van der Waals surface area contributed by atoms with Crippen molar-refractivity contribution in [1.29, 1.82) is 0 Å². The Balaban J connectivity index is 2.02. The lowest BCUT2D eigenvalue weighted by Gasteiger charge is -2.39. The lowest BCUT2D eigenvalue weighted by molar-refractivity contribution is -0.277. The molecule has 0 spiro atoms. The molecule has 0 radical (unpaired) electrons. The Labute approximate surface area is 161 Å². The number of Topliss-reactive ketones (excluding diaryl/α,β-unsaturated/α-hetero) is 1. The van der Waals surface area contributed by atoms with Crippen LogP contribution in [0.5, 0.6) is 5.75 Å². The number of carbonyl (C=O) groups is 2. The molecule has 28 heavy (non-hydrogen) atoms. The summed E-state index contributed by atoms with van der Waals surface area (Å²) in [5.41, 5.74) is 0.553. The van der Waals surface area contributed by atoms with Gasteiger partial charge in [-0.25, -0.2) is 0 Å². The van der Waals surface area contributed by atoms with Gasteiger partial charge in [0.05, 0.1) is 13.2 Å². The number of aliphatic hydroxyl groups is 4. The number of ketones is 1. The fraction of sp³-hybridized carbons (Fsp3) is 0.444. The van der Waals surface area contributed by atoms with Crippen molar-refractivity contribution in [2.75, 3.05) is 18.5 Å². The van der Waals surface area contributed by atoms with Crippen molar-refractivity contribution >= 4 is 17.8 Å². The van der Waals surface area contributed by atoms with Crippen LogP contribution in [0.15, 0.2) is 36.2 Å². The zero-order chi connectivity index (χ0) is 20.7. The lowest BCUT2D eigenvalue weighted by atomic mass is 9.99. The van der Waals surface area contributed by atoms with Gasteiger partial charge in [-0.15, -0.1) is 0 Å². The van der Waals surface area contributed by atoms with Crippen molar-refractivity contribution in [3.63, 3.8) is 0 Å². The van der Waals surface area contributed by atoms with Crippen LogP contribution in [0.1, 0.15) is 6.92 Å². The summed E-state index contributed by atoms with van der Waals surface area (Å²) < 4.78 is 15.8. The number of hydrogen-bond acceptors (Lipinski definition) is 10. The Morgan fingerprint density at radius 2 is 1.86 bits per heavy atom. The summed E-state index contributed by atoms with van der Waals surface area (Å²) in [6.45, 7) is 1.34. The van der Waals surface area contributed by atoms with E-state index in [0.29, 0.717) is 5.69 Å². The van der Waals surface area contributed by atoms with Crippen molar-refractivity contribution in [2.45, 2.75) is 37.6 Å². The largest absolute Gasteiger partial charge is 0.488 e. The molecule has 5 atom stereocenters.